The van der Waals surface area contributed by atoms with E-state index < -0.39 is 18.2 Å². The van der Waals surface area contributed by atoms with E-state index in [1.165, 1.54) is 0 Å². The number of pyridine rings is 1. The van der Waals surface area contributed by atoms with Crippen molar-refractivity contribution in [1.82, 2.24) is 4.98 Å². The molecule has 0 saturated heterocycles. The standard InChI is InChI=1S/C20H14ClNO3/c21-16-7-5-14-6-9-17(22-18(14)11-16)8-4-13-2-1-3-15(10-13)19(23)12-20(24)25/h1-11H,12H2,(H,24,25). The molecule has 0 amide bonds. The molecule has 4 nitrogen and oxygen atoms in total. The van der Waals surface area contributed by atoms with Gasteiger partial charge in [0.15, 0.2) is 5.78 Å². The van der Waals surface area contributed by atoms with Crippen molar-refractivity contribution in [3.63, 3.8) is 0 Å². The number of hydrogen-bond acceptors (Lipinski definition) is 3. The van der Waals surface area contributed by atoms with Crippen molar-refractivity contribution in [2.45, 2.75) is 6.42 Å². The van der Waals surface area contributed by atoms with E-state index in [2.05, 4.69) is 4.98 Å². The van der Waals surface area contributed by atoms with E-state index in [0.717, 1.165) is 22.2 Å². The smallest absolute Gasteiger partial charge is 0.311 e. The van der Waals surface area contributed by atoms with E-state index in [0.29, 0.717) is 10.6 Å². The van der Waals surface area contributed by atoms with Gasteiger partial charge in [0.25, 0.3) is 0 Å². The Balaban J connectivity index is 1.84. The molecule has 0 unspecified atom stereocenters. The highest BCUT2D eigenvalue weighted by atomic mass is 35.5. The van der Waals surface area contributed by atoms with Crippen molar-refractivity contribution in [3.8, 4) is 0 Å². The van der Waals surface area contributed by atoms with Crippen LogP contribution in [0.5, 0.6) is 0 Å². The number of rotatable bonds is 5. The van der Waals surface area contributed by atoms with Crippen LogP contribution in [0.15, 0.2) is 54.6 Å². The van der Waals surface area contributed by atoms with Crippen molar-refractivity contribution in [3.05, 3.63) is 76.4 Å². The highest BCUT2D eigenvalue weighted by Crippen LogP contribution is 2.19. The number of halogens is 1. The zero-order valence-corrected chi connectivity index (χ0v) is 13.9. The summed E-state index contributed by atoms with van der Waals surface area (Å²) in [6.45, 7) is 0. The summed E-state index contributed by atoms with van der Waals surface area (Å²) in [5, 5.41) is 10.4. The number of carbonyl (C=O) groups excluding carboxylic acids is 1. The van der Waals surface area contributed by atoms with Crippen molar-refractivity contribution >= 4 is 46.4 Å². The molecular weight excluding hydrogens is 338 g/mol. The Kier molecular flexibility index (Phi) is 4.91. The number of aliphatic carboxylic acids is 1. The second-order valence-corrected chi connectivity index (χ2v) is 5.96. The summed E-state index contributed by atoms with van der Waals surface area (Å²) in [4.78, 5) is 27.0. The van der Waals surface area contributed by atoms with Crippen molar-refractivity contribution in [2.75, 3.05) is 0 Å². The average molecular weight is 352 g/mol. The van der Waals surface area contributed by atoms with Crippen LogP contribution in [0.2, 0.25) is 5.02 Å². The van der Waals surface area contributed by atoms with Gasteiger partial charge in [0.2, 0.25) is 0 Å². The van der Waals surface area contributed by atoms with Crippen LogP contribution < -0.4 is 0 Å². The number of nitrogens with zero attached hydrogens (tertiary/aromatic N) is 1. The van der Waals surface area contributed by atoms with Gasteiger partial charge in [-0.2, -0.15) is 0 Å². The first-order valence-corrected chi connectivity index (χ1v) is 7.98. The molecule has 25 heavy (non-hydrogen) atoms. The quantitative estimate of drug-likeness (QED) is 0.533. The van der Waals surface area contributed by atoms with Crippen LogP contribution in [-0.4, -0.2) is 21.8 Å². The molecule has 3 aromatic rings. The van der Waals surface area contributed by atoms with Gasteiger partial charge in [-0.05, 0) is 35.9 Å². The second-order valence-electron chi connectivity index (χ2n) is 5.53. The fourth-order valence-electron chi connectivity index (χ4n) is 2.44. The minimum absolute atomic E-state index is 0.378. The van der Waals surface area contributed by atoms with E-state index in [1.807, 2.05) is 42.5 Å². The maximum absolute atomic E-state index is 11.8. The number of ketones is 1. The Morgan fingerprint density at radius 3 is 2.64 bits per heavy atom. The lowest BCUT2D eigenvalue weighted by atomic mass is 10.0. The zero-order valence-electron chi connectivity index (χ0n) is 13.1. The Morgan fingerprint density at radius 2 is 1.84 bits per heavy atom. The molecule has 3 rings (SSSR count). The summed E-state index contributed by atoms with van der Waals surface area (Å²) in [6, 6.07) is 16.2. The number of Topliss-reactive ketones (excluding diaryl/α,β-unsaturated/α-hetero) is 1. The van der Waals surface area contributed by atoms with Crippen LogP contribution in [0, 0.1) is 0 Å². The van der Waals surface area contributed by atoms with Crippen LogP contribution in [-0.2, 0) is 4.79 Å². The molecule has 1 heterocycles. The molecule has 0 spiro atoms. The van der Waals surface area contributed by atoms with Crippen LogP contribution >= 0.6 is 11.6 Å². The molecule has 0 aliphatic carbocycles. The van der Waals surface area contributed by atoms with Crippen LogP contribution in [0.1, 0.15) is 28.0 Å². The van der Waals surface area contributed by atoms with Gasteiger partial charge in [0.1, 0.15) is 6.42 Å². The van der Waals surface area contributed by atoms with Gasteiger partial charge in [-0.1, -0.05) is 48.0 Å². The number of aromatic nitrogens is 1. The number of carboxylic acids is 1. The fourth-order valence-corrected chi connectivity index (χ4v) is 2.60. The number of hydrogen-bond donors (Lipinski definition) is 1. The highest BCUT2D eigenvalue weighted by molar-refractivity contribution is 6.31. The molecule has 1 aromatic heterocycles. The van der Waals surface area contributed by atoms with Gasteiger partial charge >= 0.3 is 5.97 Å². The lowest BCUT2D eigenvalue weighted by Crippen LogP contribution is -2.06. The molecule has 1 N–H and O–H groups in total. The Labute approximate surface area is 149 Å². The maximum atomic E-state index is 11.8. The van der Waals surface area contributed by atoms with Gasteiger partial charge < -0.3 is 5.11 Å². The topological polar surface area (TPSA) is 67.3 Å². The predicted octanol–water partition coefficient (Wildman–Crippen LogP) is 4.72. The molecule has 0 radical (unpaired) electrons. The zero-order chi connectivity index (χ0) is 17.8. The first-order chi connectivity index (χ1) is 12.0. The molecule has 2 aromatic carbocycles. The predicted molar refractivity (Wildman–Crippen MR) is 98.7 cm³/mol. The van der Waals surface area contributed by atoms with Gasteiger partial charge in [0.05, 0.1) is 11.2 Å². The maximum Gasteiger partial charge on any atom is 0.311 e. The number of fused-ring (bicyclic) bond motifs is 1. The average Bonchev–Trinajstić information content (AvgIpc) is 2.59. The van der Waals surface area contributed by atoms with Crippen LogP contribution in [0.4, 0.5) is 0 Å². The Morgan fingerprint density at radius 1 is 1.04 bits per heavy atom. The Bertz CT molecular complexity index is 995. The summed E-state index contributed by atoms with van der Waals surface area (Å²) in [5.41, 5.74) is 2.74. The number of carbonyl (C=O) groups is 2. The Hall–Kier alpha value is -2.98. The SMILES string of the molecule is O=C(O)CC(=O)c1cccc(C=Cc2ccc3ccc(Cl)cc3n2)c1. The molecule has 124 valence electrons. The second kappa shape index (κ2) is 7.28. The molecule has 5 heteroatoms. The lowest BCUT2D eigenvalue weighted by molar-refractivity contribution is -0.135. The summed E-state index contributed by atoms with van der Waals surface area (Å²) >= 11 is 6.00. The number of carboxylic acid groups (broad SMARTS) is 1. The summed E-state index contributed by atoms with van der Waals surface area (Å²) in [7, 11) is 0. The first-order valence-electron chi connectivity index (χ1n) is 7.61. The third-order valence-electron chi connectivity index (χ3n) is 3.64. The van der Waals surface area contributed by atoms with Gasteiger partial charge in [-0.15, -0.1) is 0 Å². The van der Waals surface area contributed by atoms with E-state index in [1.54, 1.807) is 24.3 Å². The number of benzene rings is 2. The van der Waals surface area contributed by atoms with E-state index in [-0.39, 0.29) is 0 Å². The van der Waals surface area contributed by atoms with Crippen molar-refractivity contribution < 1.29 is 14.7 Å². The summed E-state index contributed by atoms with van der Waals surface area (Å²) in [5.74, 6) is -1.55. The van der Waals surface area contributed by atoms with Gasteiger partial charge in [-0.3, -0.25) is 9.59 Å². The first kappa shape index (κ1) is 16.9. The normalized spacial score (nSPS) is 11.1. The van der Waals surface area contributed by atoms with E-state index >= 15 is 0 Å². The summed E-state index contributed by atoms with van der Waals surface area (Å²) in [6.07, 6.45) is 3.15. The van der Waals surface area contributed by atoms with Crippen molar-refractivity contribution in [2.24, 2.45) is 0 Å². The van der Waals surface area contributed by atoms with Crippen LogP contribution in [0.25, 0.3) is 23.1 Å². The third kappa shape index (κ3) is 4.31. The van der Waals surface area contributed by atoms with Crippen molar-refractivity contribution in [1.29, 1.82) is 0 Å². The van der Waals surface area contributed by atoms with Gasteiger partial charge in [-0.25, -0.2) is 4.98 Å². The lowest BCUT2D eigenvalue weighted by Gasteiger charge is -2.01. The summed E-state index contributed by atoms with van der Waals surface area (Å²) < 4.78 is 0. The van der Waals surface area contributed by atoms with Gasteiger partial charge in [0, 0.05) is 16.0 Å². The molecule has 0 aliphatic heterocycles. The van der Waals surface area contributed by atoms with E-state index in [9.17, 15) is 9.59 Å². The molecular formula is C20H14ClNO3. The van der Waals surface area contributed by atoms with Crippen LogP contribution in [0.3, 0.4) is 0 Å². The molecule has 0 atom stereocenters. The molecule has 0 saturated carbocycles. The highest BCUT2D eigenvalue weighted by Gasteiger charge is 2.10. The third-order valence-corrected chi connectivity index (χ3v) is 3.88. The molecule has 0 bridgehead atoms. The molecule has 0 aliphatic rings. The minimum atomic E-state index is -1.13. The monoisotopic (exact) mass is 351 g/mol. The minimum Gasteiger partial charge on any atom is -0.481 e. The largest absolute Gasteiger partial charge is 0.481 e. The molecule has 0 fully saturated rings. The fraction of sp³-hybridized carbons (Fsp3) is 0.0500. The van der Waals surface area contributed by atoms with E-state index in [4.69, 9.17) is 16.7 Å².